The van der Waals surface area contributed by atoms with Gasteiger partial charge in [-0.3, -0.25) is 23.4 Å². The largest absolute Gasteiger partial charge is 0.472 e. The first-order chi connectivity index (χ1) is 27.9. The summed E-state index contributed by atoms with van der Waals surface area (Å²) in [4.78, 5) is 47.7. The second-order valence-electron chi connectivity index (χ2n) is 15.2. The Morgan fingerprint density at radius 3 is 2.07 bits per heavy atom. The minimum Gasteiger partial charge on any atom is -0.462 e. The summed E-state index contributed by atoms with van der Waals surface area (Å²) in [5.74, 6) is -1.95. The van der Waals surface area contributed by atoms with Crippen LogP contribution in [0.5, 0.6) is 0 Å². The molecule has 13 nitrogen and oxygen atoms in total. The van der Waals surface area contributed by atoms with Gasteiger partial charge in [0.15, 0.2) is 6.10 Å². The second-order valence-corrected chi connectivity index (χ2v) is 16.6. The Morgan fingerprint density at radius 2 is 1.38 bits per heavy atom. The lowest BCUT2D eigenvalue weighted by Gasteiger charge is -2.20. The molecule has 334 valence electrons. The average molecular weight is 843 g/mol. The van der Waals surface area contributed by atoms with E-state index in [9.17, 15) is 39.2 Å². The van der Waals surface area contributed by atoms with E-state index in [0.29, 0.717) is 32.1 Å². The van der Waals surface area contributed by atoms with Crippen LogP contribution in [0.15, 0.2) is 48.6 Å². The molecule has 1 aliphatic rings. The minimum atomic E-state index is -4.70. The monoisotopic (exact) mass is 842 g/mol. The Kier molecular flexibility index (Phi) is 31.6. The molecular weight excluding hydrogens is 767 g/mol. The number of hydrogen-bond acceptors (Lipinski definition) is 12. The lowest BCUT2D eigenvalue weighted by Crippen LogP contribution is -2.29. The molecule has 0 aromatic carbocycles. The first kappa shape index (κ1) is 53.5. The molecule has 14 heteroatoms. The Hall–Kier alpha value is -2.48. The summed E-state index contributed by atoms with van der Waals surface area (Å²) in [6, 6.07) is 0. The summed E-state index contributed by atoms with van der Waals surface area (Å²) in [5, 5.41) is 39.0. The summed E-state index contributed by atoms with van der Waals surface area (Å²) < 4.78 is 32.6. The van der Waals surface area contributed by atoms with Crippen LogP contribution in [-0.4, -0.2) is 93.9 Å². The van der Waals surface area contributed by atoms with Gasteiger partial charge in [0.1, 0.15) is 18.5 Å². The summed E-state index contributed by atoms with van der Waals surface area (Å²) in [7, 11) is -4.70. The number of Topliss-reactive ketones (excluding diaryl/α,β-unsaturated/α-hetero) is 1. The Morgan fingerprint density at radius 1 is 0.776 bits per heavy atom. The number of esters is 2. The van der Waals surface area contributed by atoms with Crippen molar-refractivity contribution in [1.82, 2.24) is 0 Å². The van der Waals surface area contributed by atoms with E-state index < -0.39 is 76.5 Å². The fourth-order valence-electron chi connectivity index (χ4n) is 6.38. The van der Waals surface area contributed by atoms with Gasteiger partial charge < -0.3 is 34.8 Å². The fraction of sp³-hybridized carbons (Fsp3) is 0.750. The molecule has 5 N–H and O–H groups in total. The van der Waals surface area contributed by atoms with Gasteiger partial charge in [-0.1, -0.05) is 120 Å². The van der Waals surface area contributed by atoms with Crippen molar-refractivity contribution < 1.29 is 62.8 Å². The number of carbonyl (C=O) groups is 3. The van der Waals surface area contributed by atoms with Crippen LogP contribution in [0.2, 0.25) is 0 Å². The number of carbonyl (C=O) groups excluding carboxylic acids is 3. The van der Waals surface area contributed by atoms with Crippen molar-refractivity contribution in [2.75, 3.05) is 26.4 Å². The Bertz CT molecular complexity index is 1270. The number of aliphatic hydroxyl groups excluding tert-OH is 4. The number of phosphoric ester groups is 1. The fourth-order valence-corrected chi connectivity index (χ4v) is 7.17. The van der Waals surface area contributed by atoms with Crippen LogP contribution in [0.3, 0.4) is 0 Å². The first-order valence-corrected chi connectivity index (χ1v) is 23.2. The lowest BCUT2D eigenvalue weighted by molar-refractivity contribution is -0.161. The number of hydrogen-bond donors (Lipinski definition) is 5. The molecule has 1 fully saturated rings. The maximum absolute atomic E-state index is 12.7. The highest BCUT2D eigenvalue weighted by molar-refractivity contribution is 7.47. The molecule has 0 radical (unpaired) electrons. The van der Waals surface area contributed by atoms with Gasteiger partial charge in [0.05, 0.1) is 32.0 Å². The first-order valence-electron chi connectivity index (χ1n) is 21.7. The second kappa shape index (κ2) is 34.3. The zero-order valence-electron chi connectivity index (χ0n) is 35.2. The third-order valence-corrected chi connectivity index (χ3v) is 10.8. The molecule has 58 heavy (non-hydrogen) atoms. The highest BCUT2D eigenvalue weighted by Crippen LogP contribution is 2.43. The number of rotatable bonds is 36. The van der Waals surface area contributed by atoms with E-state index in [1.54, 1.807) is 12.2 Å². The molecule has 0 saturated heterocycles. The zero-order chi connectivity index (χ0) is 42.9. The van der Waals surface area contributed by atoms with Crippen molar-refractivity contribution in [3.63, 3.8) is 0 Å². The van der Waals surface area contributed by atoms with Gasteiger partial charge >= 0.3 is 19.8 Å². The zero-order valence-corrected chi connectivity index (χ0v) is 36.1. The van der Waals surface area contributed by atoms with Crippen molar-refractivity contribution >= 4 is 25.5 Å². The van der Waals surface area contributed by atoms with Gasteiger partial charge in [-0.15, -0.1) is 0 Å². The van der Waals surface area contributed by atoms with Crippen molar-refractivity contribution in [1.29, 1.82) is 0 Å². The van der Waals surface area contributed by atoms with Crippen LogP contribution in [0, 0.1) is 11.8 Å². The van der Waals surface area contributed by atoms with E-state index in [-0.39, 0.29) is 31.0 Å². The molecule has 0 bridgehead atoms. The van der Waals surface area contributed by atoms with Gasteiger partial charge in [0, 0.05) is 31.1 Å². The molecule has 0 heterocycles. The standard InChI is InChI=1S/C44H75O13P/c1-3-5-7-8-9-10-11-12-13-14-15-16-17-18-23-27-43(50)54-34-38(35-56-58(52,53)55-33-37(47)32-45)57-44(51)28-24-20-19-22-26-39-40(42(49)31-41(39)48)30-29-36(46)25-21-6-4-2/h10-13,19,22,29-30,36-40,42,45-47,49H,3-9,14-18,20-21,23-28,31-35H2,1-2H3,(H,52,53)/b11-10-,13-12-,22-19-,30-29+/t36-,37-,38+,39+,40+,42+/m0/s1. The molecule has 0 amide bonds. The normalized spacial score (nSPS) is 20.1. The van der Waals surface area contributed by atoms with E-state index in [4.69, 9.17) is 19.1 Å². The number of ether oxygens (including phenoxy) is 2. The van der Waals surface area contributed by atoms with Crippen LogP contribution < -0.4 is 0 Å². The SMILES string of the molecule is CCCCCC/C=C\C=C/CCCCCCCC(=O)OC[C@H](COP(=O)(O)OC[C@@H](O)CO)OC(=O)CCC/C=C\C[C@H]1C(=O)C[C@@H](O)[C@@H]1/C=C/[C@@H](O)CCCCC. The van der Waals surface area contributed by atoms with Gasteiger partial charge in [-0.2, -0.15) is 0 Å². The van der Waals surface area contributed by atoms with Gasteiger partial charge in [-0.05, 0) is 57.8 Å². The molecule has 0 aromatic rings. The third kappa shape index (κ3) is 28.1. The van der Waals surface area contributed by atoms with E-state index in [0.717, 1.165) is 57.8 Å². The van der Waals surface area contributed by atoms with Crippen LogP contribution >= 0.6 is 7.82 Å². The van der Waals surface area contributed by atoms with Gasteiger partial charge in [0.2, 0.25) is 0 Å². The molecule has 1 saturated carbocycles. The highest BCUT2D eigenvalue weighted by atomic mass is 31.2. The molecule has 0 aliphatic heterocycles. The van der Waals surface area contributed by atoms with Crippen molar-refractivity contribution in [3.05, 3.63) is 48.6 Å². The Balaban J connectivity index is 2.51. The number of aliphatic hydroxyl groups is 4. The molecule has 7 atom stereocenters. The molecule has 1 rings (SSSR count). The molecular formula is C44H75O13P. The average Bonchev–Trinajstić information content (AvgIpc) is 3.47. The predicted molar refractivity (Wildman–Crippen MR) is 225 cm³/mol. The van der Waals surface area contributed by atoms with E-state index >= 15 is 0 Å². The quantitative estimate of drug-likeness (QED) is 0.0134. The van der Waals surface area contributed by atoms with E-state index in [2.05, 4.69) is 42.7 Å². The number of ketones is 1. The minimum absolute atomic E-state index is 0.0151. The van der Waals surface area contributed by atoms with E-state index in [1.807, 2.05) is 12.2 Å². The molecule has 0 aromatic heterocycles. The Labute approximate surface area is 347 Å². The van der Waals surface area contributed by atoms with Crippen molar-refractivity contribution in [3.8, 4) is 0 Å². The predicted octanol–water partition coefficient (Wildman–Crippen LogP) is 7.92. The van der Waals surface area contributed by atoms with E-state index in [1.165, 1.54) is 25.7 Å². The van der Waals surface area contributed by atoms with Gasteiger partial charge in [0.25, 0.3) is 0 Å². The topological polar surface area (TPSA) is 206 Å². The summed E-state index contributed by atoms with van der Waals surface area (Å²) in [5.41, 5.74) is 0. The summed E-state index contributed by atoms with van der Waals surface area (Å²) in [6.07, 6.45) is 28.7. The van der Waals surface area contributed by atoms with Crippen molar-refractivity contribution in [2.45, 2.75) is 173 Å². The number of phosphoric acid groups is 1. The summed E-state index contributed by atoms with van der Waals surface area (Å²) in [6.45, 7) is 1.91. The van der Waals surface area contributed by atoms with Crippen LogP contribution in [-0.2, 0) is 37.5 Å². The van der Waals surface area contributed by atoms with Crippen LogP contribution in [0.25, 0.3) is 0 Å². The maximum Gasteiger partial charge on any atom is 0.472 e. The van der Waals surface area contributed by atoms with Crippen molar-refractivity contribution in [2.24, 2.45) is 11.8 Å². The smallest absolute Gasteiger partial charge is 0.462 e. The molecule has 1 aliphatic carbocycles. The van der Waals surface area contributed by atoms with Crippen LogP contribution in [0.4, 0.5) is 0 Å². The highest BCUT2D eigenvalue weighted by Gasteiger charge is 2.39. The number of allylic oxidation sites excluding steroid dienone is 6. The molecule has 1 unspecified atom stereocenters. The molecule has 0 spiro atoms. The maximum atomic E-state index is 12.7. The third-order valence-electron chi connectivity index (χ3n) is 9.85. The summed E-state index contributed by atoms with van der Waals surface area (Å²) >= 11 is 0. The van der Waals surface area contributed by atoms with Crippen LogP contribution in [0.1, 0.15) is 149 Å². The lowest BCUT2D eigenvalue weighted by atomic mass is 9.90. The van der Waals surface area contributed by atoms with Gasteiger partial charge in [-0.25, -0.2) is 4.57 Å². The number of unbranched alkanes of at least 4 members (excludes halogenated alkanes) is 12.